The van der Waals surface area contributed by atoms with E-state index in [0.29, 0.717) is 34.2 Å². The minimum absolute atomic E-state index is 0.183. The average Bonchev–Trinajstić information content (AvgIpc) is 3.07. The molecule has 7 heteroatoms. The van der Waals surface area contributed by atoms with E-state index < -0.39 is 5.97 Å². The molecule has 0 aliphatic rings. The molecule has 2 aromatic heterocycles. The zero-order valence-corrected chi connectivity index (χ0v) is 17.2. The van der Waals surface area contributed by atoms with Crippen LogP contribution in [-0.4, -0.2) is 47.5 Å². The average molecular weight is 398 g/mol. The lowest BCUT2D eigenvalue weighted by atomic mass is 10.1. The summed E-state index contributed by atoms with van der Waals surface area (Å²) in [4.78, 5) is 32.3. The monoisotopic (exact) mass is 397 g/mol. The van der Waals surface area contributed by atoms with Crippen LogP contribution in [0.3, 0.4) is 0 Å². The van der Waals surface area contributed by atoms with E-state index in [-0.39, 0.29) is 5.56 Å². The van der Waals surface area contributed by atoms with Crippen LogP contribution in [0.1, 0.15) is 32.1 Å². The Kier molecular flexibility index (Phi) is 6.06. The largest absolute Gasteiger partial charge is 0.460 e. The van der Waals surface area contributed by atoms with Gasteiger partial charge in [-0.3, -0.25) is 9.20 Å². The number of ether oxygens (including phenoxy) is 1. The summed E-state index contributed by atoms with van der Waals surface area (Å²) in [6.07, 6.45) is 5.27. The Bertz CT molecular complexity index is 1100. The molecule has 146 valence electrons. The van der Waals surface area contributed by atoms with Crippen LogP contribution < -0.4 is 5.56 Å². The maximum Gasteiger partial charge on any atom is 0.350 e. The second-order valence-corrected chi connectivity index (χ2v) is 7.87. The van der Waals surface area contributed by atoms with Crippen molar-refractivity contribution < 1.29 is 9.53 Å². The highest BCUT2D eigenvalue weighted by Gasteiger charge is 2.16. The Morgan fingerprint density at radius 1 is 1.29 bits per heavy atom. The summed E-state index contributed by atoms with van der Waals surface area (Å²) in [6.45, 7) is 4.71. The van der Waals surface area contributed by atoms with Gasteiger partial charge in [0.1, 0.15) is 11.5 Å². The number of rotatable bonds is 6. The van der Waals surface area contributed by atoms with Gasteiger partial charge in [-0.2, -0.15) is 0 Å². The van der Waals surface area contributed by atoms with Crippen molar-refractivity contribution >= 4 is 34.4 Å². The first-order valence-corrected chi connectivity index (χ1v) is 9.76. The highest BCUT2D eigenvalue weighted by atomic mass is 32.1. The molecule has 0 saturated carbocycles. The lowest BCUT2D eigenvalue weighted by molar-refractivity contribution is 0.0487. The molecule has 0 aliphatic carbocycles. The van der Waals surface area contributed by atoms with E-state index in [0.717, 1.165) is 22.5 Å². The molecule has 0 radical (unpaired) electrons. The quantitative estimate of drug-likeness (QED) is 0.598. The summed E-state index contributed by atoms with van der Waals surface area (Å²) in [5, 5.41) is 0. The highest BCUT2D eigenvalue weighted by molar-refractivity contribution is 7.18. The van der Waals surface area contributed by atoms with E-state index in [9.17, 15) is 9.59 Å². The molecular formula is C21H23N3O3S. The summed E-state index contributed by atoms with van der Waals surface area (Å²) < 4.78 is 6.67. The number of benzene rings is 1. The van der Waals surface area contributed by atoms with E-state index >= 15 is 0 Å². The fourth-order valence-corrected chi connectivity index (χ4v) is 3.52. The number of likely N-dealkylation sites (N-methyl/N-ethyl adjacent to an activating group) is 1. The lowest BCUT2D eigenvalue weighted by Gasteiger charge is -2.08. The van der Waals surface area contributed by atoms with Gasteiger partial charge in [-0.1, -0.05) is 47.2 Å². The Morgan fingerprint density at radius 2 is 2.07 bits per heavy atom. The first kappa shape index (κ1) is 20.0. The van der Waals surface area contributed by atoms with Crippen molar-refractivity contribution in [2.24, 2.45) is 0 Å². The van der Waals surface area contributed by atoms with Crippen LogP contribution in [0.25, 0.3) is 17.1 Å². The van der Waals surface area contributed by atoms with Crippen LogP contribution in [0.4, 0.5) is 0 Å². The van der Waals surface area contributed by atoms with E-state index in [2.05, 4.69) is 11.1 Å². The SMILES string of the molecule is Cc1cccc(C=Cc2nc3sc(C(=O)OCCN(C)C)cn3c(=O)c2C)c1. The van der Waals surface area contributed by atoms with Crippen molar-refractivity contribution in [1.29, 1.82) is 0 Å². The van der Waals surface area contributed by atoms with Crippen LogP contribution in [0, 0.1) is 13.8 Å². The van der Waals surface area contributed by atoms with Crippen LogP contribution in [-0.2, 0) is 4.74 Å². The zero-order valence-electron chi connectivity index (χ0n) is 16.4. The maximum atomic E-state index is 12.7. The zero-order chi connectivity index (χ0) is 20.3. The van der Waals surface area contributed by atoms with Crippen molar-refractivity contribution in [2.45, 2.75) is 13.8 Å². The number of esters is 1. The fourth-order valence-electron chi connectivity index (χ4n) is 2.64. The minimum atomic E-state index is -0.439. The van der Waals surface area contributed by atoms with Crippen molar-refractivity contribution in [3.05, 3.63) is 68.1 Å². The molecule has 3 rings (SSSR count). The molecule has 6 nitrogen and oxygen atoms in total. The molecule has 0 saturated heterocycles. The molecule has 3 aromatic rings. The predicted molar refractivity (Wildman–Crippen MR) is 113 cm³/mol. The molecule has 0 fully saturated rings. The first-order valence-electron chi connectivity index (χ1n) is 8.94. The lowest BCUT2D eigenvalue weighted by Crippen LogP contribution is -2.20. The third kappa shape index (κ3) is 4.55. The number of aromatic nitrogens is 2. The third-order valence-electron chi connectivity index (χ3n) is 4.24. The van der Waals surface area contributed by atoms with Crippen LogP contribution in [0.2, 0.25) is 0 Å². The third-order valence-corrected chi connectivity index (χ3v) is 5.20. The van der Waals surface area contributed by atoms with Crippen LogP contribution in [0.15, 0.2) is 35.3 Å². The minimum Gasteiger partial charge on any atom is -0.460 e. The summed E-state index contributed by atoms with van der Waals surface area (Å²) >= 11 is 1.16. The molecule has 1 aromatic carbocycles. The highest BCUT2D eigenvalue weighted by Crippen LogP contribution is 2.18. The van der Waals surface area contributed by atoms with Gasteiger partial charge in [-0.15, -0.1) is 0 Å². The summed E-state index contributed by atoms with van der Waals surface area (Å²) in [5.41, 5.74) is 3.15. The Balaban J connectivity index is 1.89. The smallest absolute Gasteiger partial charge is 0.350 e. The molecule has 0 spiro atoms. The molecule has 0 amide bonds. The van der Waals surface area contributed by atoms with Gasteiger partial charge in [-0.05, 0) is 39.6 Å². The van der Waals surface area contributed by atoms with Gasteiger partial charge >= 0.3 is 5.97 Å². The van der Waals surface area contributed by atoms with Gasteiger partial charge in [0.05, 0.1) is 5.69 Å². The van der Waals surface area contributed by atoms with E-state index in [1.807, 2.05) is 56.3 Å². The number of hydrogen-bond donors (Lipinski definition) is 0. The number of nitrogens with zero attached hydrogens (tertiary/aromatic N) is 3. The summed E-state index contributed by atoms with van der Waals surface area (Å²) in [7, 11) is 3.82. The van der Waals surface area contributed by atoms with Crippen molar-refractivity contribution in [2.75, 3.05) is 27.2 Å². The normalized spacial score (nSPS) is 11.6. The summed E-state index contributed by atoms with van der Waals surface area (Å²) in [5.74, 6) is -0.439. The number of thiazole rings is 1. The number of aryl methyl sites for hydroxylation is 1. The van der Waals surface area contributed by atoms with Gasteiger partial charge in [0.15, 0.2) is 4.96 Å². The Hall–Kier alpha value is -2.77. The number of carbonyl (C=O) groups excluding carboxylic acids is 1. The van der Waals surface area contributed by atoms with Crippen molar-refractivity contribution in [1.82, 2.24) is 14.3 Å². The van der Waals surface area contributed by atoms with E-state index in [1.165, 1.54) is 10.6 Å². The molecule has 0 aliphatic heterocycles. The van der Waals surface area contributed by atoms with Gasteiger partial charge in [0, 0.05) is 18.3 Å². The summed E-state index contributed by atoms with van der Waals surface area (Å²) in [6, 6.07) is 8.08. The molecule has 28 heavy (non-hydrogen) atoms. The number of carbonyl (C=O) groups is 1. The van der Waals surface area contributed by atoms with E-state index in [4.69, 9.17) is 4.74 Å². The molecule has 0 bridgehead atoms. The van der Waals surface area contributed by atoms with Crippen LogP contribution >= 0.6 is 11.3 Å². The molecule has 2 heterocycles. The van der Waals surface area contributed by atoms with Gasteiger partial charge in [-0.25, -0.2) is 9.78 Å². The number of hydrogen-bond acceptors (Lipinski definition) is 6. The van der Waals surface area contributed by atoms with E-state index in [1.54, 1.807) is 6.92 Å². The Morgan fingerprint density at radius 3 is 2.79 bits per heavy atom. The standard InChI is InChI=1S/C21H23N3O3S/c1-14-6-5-7-16(12-14)8-9-17-15(2)19(25)24-13-18(28-21(24)22-17)20(26)27-11-10-23(3)4/h5-9,12-13H,10-11H2,1-4H3. The van der Waals surface area contributed by atoms with Gasteiger partial charge in [0.25, 0.3) is 5.56 Å². The first-order chi connectivity index (χ1) is 13.3. The maximum absolute atomic E-state index is 12.7. The molecular weight excluding hydrogens is 374 g/mol. The molecule has 0 atom stereocenters. The van der Waals surface area contributed by atoms with Gasteiger partial charge in [0.2, 0.25) is 0 Å². The molecule has 0 N–H and O–H groups in total. The van der Waals surface area contributed by atoms with Crippen LogP contribution in [0.5, 0.6) is 0 Å². The van der Waals surface area contributed by atoms with Crippen molar-refractivity contribution in [3.8, 4) is 0 Å². The topological polar surface area (TPSA) is 63.9 Å². The molecule has 0 unspecified atom stereocenters. The van der Waals surface area contributed by atoms with Crippen molar-refractivity contribution in [3.63, 3.8) is 0 Å². The number of fused-ring (bicyclic) bond motifs is 1. The second-order valence-electron chi connectivity index (χ2n) is 6.86. The second kappa shape index (κ2) is 8.50. The van der Waals surface area contributed by atoms with Gasteiger partial charge < -0.3 is 9.64 Å². The predicted octanol–water partition coefficient (Wildman–Crippen LogP) is 3.26. The fraction of sp³-hybridized carbons (Fsp3) is 0.286. The Labute approximate surface area is 167 Å².